The Hall–Kier alpha value is -4.66. The van der Waals surface area contributed by atoms with Crippen molar-refractivity contribution in [3.63, 3.8) is 0 Å². The highest BCUT2D eigenvalue weighted by molar-refractivity contribution is 7.48. The van der Waals surface area contributed by atoms with E-state index in [0.717, 1.165) is 27.8 Å². The number of phosphoric acid groups is 1. The van der Waals surface area contributed by atoms with E-state index < -0.39 is 14.2 Å². The van der Waals surface area contributed by atoms with Crippen molar-refractivity contribution in [2.75, 3.05) is 0 Å². The first-order valence-corrected chi connectivity index (χ1v) is 17.1. The molecular weight excluding hydrogens is 674 g/mol. The number of benzene rings is 5. The molecule has 1 aromatic heterocycles. The van der Waals surface area contributed by atoms with E-state index in [0.29, 0.717) is 33.6 Å². The Morgan fingerprint density at radius 1 is 0.714 bits per heavy atom. The lowest BCUT2D eigenvalue weighted by molar-refractivity contribution is -0.274. The van der Waals surface area contributed by atoms with E-state index in [1.165, 1.54) is 12.1 Å². The van der Waals surface area contributed by atoms with Gasteiger partial charge < -0.3 is 9.26 Å². The number of hydrogen-bond donors (Lipinski definition) is 0. The molecule has 6 nitrogen and oxygen atoms in total. The van der Waals surface area contributed by atoms with Crippen LogP contribution >= 0.6 is 19.4 Å². The van der Waals surface area contributed by atoms with E-state index >= 15 is 0 Å². The van der Waals surface area contributed by atoms with Crippen molar-refractivity contribution in [1.82, 2.24) is 4.98 Å². The van der Waals surface area contributed by atoms with E-state index in [9.17, 15) is 17.7 Å². The molecule has 250 valence electrons. The third-order valence-corrected chi connectivity index (χ3v) is 9.12. The average molecular weight is 704 g/mol. The molecule has 0 fully saturated rings. The van der Waals surface area contributed by atoms with Gasteiger partial charge in [-0.05, 0) is 65.9 Å². The molecule has 0 saturated heterocycles. The SMILES string of the molecule is Cc1c(-c2ccc(Cc3ccc(OC(F)(F)F)cc3)cc2)nc2cc(Cl)ccc2c1OP(=O)(OCc1ccccc1)OCc1ccccc1. The minimum absolute atomic E-state index is 0.00675. The first-order chi connectivity index (χ1) is 23.5. The fourth-order valence-corrected chi connectivity index (χ4v) is 6.60. The zero-order chi connectivity index (χ0) is 34.4. The summed E-state index contributed by atoms with van der Waals surface area (Å²) < 4.78 is 74.1. The summed E-state index contributed by atoms with van der Waals surface area (Å²) in [5, 5.41) is 1.04. The van der Waals surface area contributed by atoms with Gasteiger partial charge in [0.1, 0.15) is 11.5 Å². The lowest BCUT2D eigenvalue weighted by Crippen LogP contribution is -2.17. The quantitative estimate of drug-likeness (QED) is 0.118. The van der Waals surface area contributed by atoms with E-state index in [-0.39, 0.29) is 24.7 Å². The van der Waals surface area contributed by atoms with Crippen LogP contribution in [0.5, 0.6) is 11.5 Å². The summed E-state index contributed by atoms with van der Waals surface area (Å²) in [5.74, 6) is 0.00872. The van der Waals surface area contributed by atoms with Gasteiger partial charge in [0.05, 0.1) is 24.4 Å². The maximum absolute atomic E-state index is 14.4. The van der Waals surface area contributed by atoms with Crippen molar-refractivity contribution in [2.45, 2.75) is 32.9 Å². The van der Waals surface area contributed by atoms with Crippen molar-refractivity contribution in [3.8, 4) is 22.8 Å². The highest BCUT2D eigenvalue weighted by Crippen LogP contribution is 2.53. The summed E-state index contributed by atoms with van der Waals surface area (Å²) in [5.41, 5.74) is 5.79. The van der Waals surface area contributed by atoms with Crippen LogP contribution in [0.15, 0.2) is 127 Å². The van der Waals surface area contributed by atoms with Crippen LogP contribution in [0.4, 0.5) is 13.2 Å². The second-order valence-electron chi connectivity index (χ2n) is 11.2. The van der Waals surface area contributed by atoms with Crippen LogP contribution < -0.4 is 9.26 Å². The third kappa shape index (κ3) is 9.08. The van der Waals surface area contributed by atoms with Gasteiger partial charge in [-0.2, -0.15) is 0 Å². The van der Waals surface area contributed by atoms with Crippen LogP contribution in [-0.2, 0) is 33.2 Å². The summed E-state index contributed by atoms with van der Waals surface area (Å²) >= 11 is 6.37. The van der Waals surface area contributed by atoms with Crippen molar-refractivity contribution in [1.29, 1.82) is 0 Å². The van der Waals surface area contributed by atoms with Gasteiger partial charge in [-0.15, -0.1) is 13.2 Å². The highest BCUT2D eigenvalue weighted by Gasteiger charge is 2.32. The van der Waals surface area contributed by atoms with Gasteiger partial charge in [-0.1, -0.05) is 109 Å². The minimum atomic E-state index is -4.75. The van der Waals surface area contributed by atoms with Crippen LogP contribution in [0.25, 0.3) is 22.2 Å². The van der Waals surface area contributed by atoms with E-state index in [1.807, 2.05) is 91.9 Å². The van der Waals surface area contributed by atoms with Gasteiger partial charge in [-0.25, -0.2) is 9.55 Å². The fraction of sp³-hybridized carbons (Fsp3) is 0.132. The van der Waals surface area contributed by atoms with Crippen molar-refractivity contribution < 1.29 is 36.0 Å². The molecule has 5 aromatic carbocycles. The monoisotopic (exact) mass is 703 g/mol. The van der Waals surface area contributed by atoms with Crippen LogP contribution in [0.1, 0.15) is 27.8 Å². The minimum Gasteiger partial charge on any atom is -0.406 e. The number of pyridine rings is 1. The Morgan fingerprint density at radius 3 is 1.82 bits per heavy atom. The molecule has 0 radical (unpaired) electrons. The molecule has 1 heterocycles. The largest absolute Gasteiger partial charge is 0.573 e. The highest BCUT2D eigenvalue weighted by atomic mass is 35.5. The van der Waals surface area contributed by atoms with Crippen LogP contribution in [0, 0.1) is 6.92 Å². The number of rotatable bonds is 12. The lowest BCUT2D eigenvalue weighted by Gasteiger charge is -2.22. The topological polar surface area (TPSA) is 66.9 Å². The summed E-state index contributed by atoms with van der Waals surface area (Å²) in [4.78, 5) is 4.89. The maximum atomic E-state index is 14.4. The van der Waals surface area contributed by atoms with E-state index in [2.05, 4.69) is 4.74 Å². The molecule has 0 N–H and O–H groups in total. The van der Waals surface area contributed by atoms with Crippen LogP contribution in [-0.4, -0.2) is 11.3 Å². The number of nitrogens with zero attached hydrogens (tertiary/aromatic N) is 1. The first kappa shape index (κ1) is 34.2. The van der Waals surface area contributed by atoms with Crippen LogP contribution in [0.3, 0.4) is 0 Å². The molecule has 0 aliphatic carbocycles. The number of ether oxygens (including phenoxy) is 1. The van der Waals surface area contributed by atoms with Gasteiger partial charge in [-0.3, -0.25) is 9.05 Å². The van der Waals surface area contributed by atoms with E-state index in [1.54, 1.807) is 30.3 Å². The normalized spacial score (nSPS) is 11.9. The number of phosphoric ester groups is 1. The molecule has 0 aliphatic heterocycles. The Balaban J connectivity index is 1.30. The Morgan fingerprint density at radius 2 is 1.27 bits per heavy atom. The number of hydrogen-bond acceptors (Lipinski definition) is 6. The molecular formula is C38H30ClF3NO5P. The number of fused-ring (bicyclic) bond motifs is 1. The predicted molar refractivity (Wildman–Crippen MR) is 184 cm³/mol. The molecule has 6 aromatic rings. The smallest absolute Gasteiger partial charge is 0.406 e. The number of halogens is 4. The molecule has 0 saturated carbocycles. The first-order valence-electron chi connectivity index (χ1n) is 15.2. The average Bonchev–Trinajstić information content (AvgIpc) is 3.09. The number of alkyl halides is 3. The molecule has 49 heavy (non-hydrogen) atoms. The van der Waals surface area contributed by atoms with Crippen LogP contribution in [0.2, 0.25) is 5.02 Å². The summed E-state index contributed by atoms with van der Waals surface area (Å²) in [6, 6.07) is 37.2. The zero-order valence-electron chi connectivity index (χ0n) is 26.2. The Bertz CT molecular complexity index is 2030. The summed E-state index contributed by atoms with van der Waals surface area (Å²) in [6.07, 6.45) is -4.26. The van der Waals surface area contributed by atoms with Crippen molar-refractivity contribution in [2.24, 2.45) is 0 Å². The van der Waals surface area contributed by atoms with Gasteiger partial charge in [0.15, 0.2) is 0 Å². The predicted octanol–water partition coefficient (Wildman–Crippen LogP) is 11.3. The molecule has 0 aliphatic rings. The molecule has 0 atom stereocenters. The second kappa shape index (κ2) is 14.8. The third-order valence-electron chi connectivity index (χ3n) is 7.59. The van der Waals surface area contributed by atoms with Crippen molar-refractivity contribution in [3.05, 3.63) is 160 Å². The molecule has 0 amide bonds. The Labute approximate surface area is 286 Å². The van der Waals surface area contributed by atoms with Gasteiger partial charge in [0.25, 0.3) is 0 Å². The molecule has 11 heteroatoms. The Kier molecular flexibility index (Phi) is 10.4. The summed E-state index contributed by atoms with van der Waals surface area (Å²) in [6.45, 7) is 1.81. The molecule has 0 bridgehead atoms. The zero-order valence-corrected chi connectivity index (χ0v) is 27.8. The maximum Gasteiger partial charge on any atom is 0.573 e. The fourth-order valence-electron chi connectivity index (χ4n) is 5.18. The van der Waals surface area contributed by atoms with Gasteiger partial charge in [0, 0.05) is 21.5 Å². The molecule has 0 unspecified atom stereocenters. The summed E-state index contributed by atoms with van der Waals surface area (Å²) in [7, 11) is -4.22. The molecule has 6 rings (SSSR count). The lowest BCUT2D eigenvalue weighted by atomic mass is 9.99. The standard InChI is InChI=1S/C38H30ClF3NO5P/c1-26-36(31-16-12-27(13-17-31)22-28-14-19-33(20-15-28)47-38(40,41)42)43-35-23-32(39)18-21-34(35)37(26)48-49(44,45-24-29-8-4-2-5-9-29)46-25-30-10-6-3-7-11-30/h2-21,23H,22,24-25H2,1H3. The number of aromatic nitrogens is 1. The van der Waals surface area contributed by atoms with Gasteiger partial charge in [0.2, 0.25) is 0 Å². The van der Waals surface area contributed by atoms with Crippen molar-refractivity contribution >= 4 is 30.3 Å². The molecule has 0 spiro atoms. The van der Waals surface area contributed by atoms with Gasteiger partial charge >= 0.3 is 14.2 Å². The second-order valence-corrected chi connectivity index (χ2v) is 13.2. The van der Waals surface area contributed by atoms with E-state index in [4.69, 9.17) is 30.2 Å².